The van der Waals surface area contributed by atoms with Crippen LogP contribution in [0.2, 0.25) is 0 Å². The van der Waals surface area contributed by atoms with Crippen LogP contribution in [0.5, 0.6) is 0 Å². The first kappa shape index (κ1) is 14.4. The number of anilines is 1. The van der Waals surface area contributed by atoms with Crippen molar-refractivity contribution in [3.63, 3.8) is 0 Å². The Morgan fingerprint density at radius 3 is 2.90 bits per heavy atom. The van der Waals surface area contributed by atoms with Crippen molar-refractivity contribution in [1.82, 2.24) is 9.78 Å². The van der Waals surface area contributed by atoms with Crippen LogP contribution in [0.15, 0.2) is 42.7 Å². The van der Waals surface area contributed by atoms with Gasteiger partial charge in [-0.05, 0) is 30.3 Å². The van der Waals surface area contributed by atoms with Crippen LogP contribution < -0.4 is 5.32 Å². The highest BCUT2D eigenvalue weighted by atomic mass is 19.1. The van der Waals surface area contributed by atoms with Gasteiger partial charge in [-0.25, -0.2) is 9.18 Å². The fraction of sp³-hybridized carbons (Fsp3) is 0.0714. The second kappa shape index (κ2) is 6.47. The molecule has 1 aromatic carbocycles. The van der Waals surface area contributed by atoms with Crippen LogP contribution in [0.3, 0.4) is 0 Å². The first-order chi connectivity index (χ1) is 10.0. The smallest absolute Gasteiger partial charge is 0.328 e. The highest BCUT2D eigenvalue weighted by Crippen LogP contribution is 2.16. The van der Waals surface area contributed by atoms with Crippen LogP contribution in [-0.2, 0) is 16.1 Å². The van der Waals surface area contributed by atoms with Crippen molar-refractivity contribution in [2.45, 2.75) is 6.54 Å². The lowest BCUT2D eigenvalue weighted by molar-refractivity contribution is -0.131. The van der Waals surface area contributed by atoms with Crippen molar-refractivity contribution in [2.75, 3.05) is 5.32 Å². The van der Waals surface area contributed by atoms with Crippen molar-refractivity contribution < 1.29 is 19.1 Å². The van der Waals surface area contributed by atoms with Gasteiger partial charge in [0.25, 0.3) is 0 Å². The van der Waals surface area contributed by atoms with Gasteiger partial charge in [-0.2, -0.15) is 5.10 Å². The van der Waals surface area contributed by atoms with Gasteiger partial charge in [0, 0.05) is 29.7 Å². The molecule has 2 rings (SSSR count). The number of aliphatic carboxylic acids is 1. The fourth-order valence-corrected chi connectivity index (χ4v) is 1.65. The Kier molecular flexibility index (Phi) is 4.45. The van der Waals surface area contributed by atoms with Gasteiger partial charge < -0.3 is 10.4 Å². The standard InChI is InChI=1S/C14H12FN3O3/c15-12-4-3-11(8-10(12)2-5-14(20)21)17-13(19)9-18-7-1-6-16-18/h1-8H,9H2,(H,17,19)(H,20,21)/b5-2+. The lowest BCUT2D eigenvalue weighted by Gasteiger charge is -2.07. The van der Waals surface area contributed by atoms with Gasteiger partial charge in [-0.1, -0.05) is 0 Å². The molecule has 0 saturated carbocycles. The van der Waals surface area contributed by atoms with Crippen molar-refractivity contribution in [2.24, 2.45) is 0 Å². The van der Waals surface area contributed by atoms with Crippen LogP contribution in [0.4, 0.5) is 10.1 Å². The van der Waals surface area contributed by atoms with Crippen LogP contribution in [-0.4, -0.2) is 26.8 Å². The number of hydrogen-bond acceptors (Lipinski definition) is 3. The van der Waals surface area contributed by atoms with E-state index in [4.69, 9.17) is 5.11 Å². The van der Waals surface area contributed by atoms with Crippen LogP contribution in [0.25, 0.3) is 6.08 Å². The Hall–Kier alpha value is -2.96. The van der Waals surface area contributed by atoms with E-state index in [-0.39, 0.29) is 18.0 Å². The summed E-state index contributed by atoms with van der Waals surface area (Å²) >= 11 is 0. The first-order valence-corrected chi connectivity index (χ1v) is 6.02. The van der Waals surface area contributed by atoms with Crippen molar-refractivity contribution in [1.29, 1.82) is 0 Å². The first-order valence-electron chi connectivity index (χ1n) is 6.02. The largest absolute Gasteiger partial charge is 0.478 e. The highest BCUT2D eigenvalue weighted by molar-refractivity contribution is 5.91. The summed E-state index contributed by atoms with van der Waals surface area (Å²) in [5.41, 5.74) is 0.452. The zero-order valence-electron chi connectivity index (χ0n) is 10.9. The number of hydrogen-bond donors (Lipinski definition) is 2. The molecule has 0 unspecified atom stereocenters. The summed E-state index contributed by atoms with van der Waals surface area (Å²) in [4.78, 5) is 22.2. The second-order valence-electron chi connectivity index (χ2n) is 4.16. The second-order valence-corrected chi connectivity index (χ2v) is 4.16. The third-order valence-electron chi connectivity index (χ3n) is 2.55. The lowest BCUT2D eigenvalue weighted by Crippen LogP contribution is -2.19. The third-order valence-corrected chi connectivity index (χ3v) is 2.55. The van der Waals surface area contributed by atoms with E-state index in [1.807, 2.05) is 0 Å². The molecule has 0 bridgehead atoms. The molecule has 0 fully saturated rings. The quantitative estimate of drug-likeness (QED) is 0.821. The molecular weight excluding hydrogens is 277 g/mol. The number of carbonyl (C=O) groups excluding carboxylic acids is 1. The van der Waals surface area contributed by atoms with E-state index in [1.165, 1.54) is 16.8 Å². The number of halogens is 1. The molecule has 0 saturated heterocycles. The summed E-state index contributed by atoms with van der Waals surface area (Å²) in [5.74, 6) is -2.07. The molecule has 1 amide bonds. The predicted molar refractivity (Wildman–Crippen MR) is 73.9 cm³/mol. The van der Waals surface area contributed by atoms with Crippen LogP contribution >= 0.6 is 0 Å². The number of carboxylic acids is 1. The zero-order valence-corrected chi connectivity index (χ0v) is 10.9. The van der Waals surface area contributed by atoms with Gasteiger partial charge in [-0.3, -0.25) is 9.48 Å². The Morgan fingerprint density at radius 2 is 2.24 bits per heavy atom. The third kappa shape index (κ3) is 4.27. The lowest BCUT2D eigenvalue weighted by atomic mass is 10.1. The van der Waals surface area contributed by atoms with Crippen LogP contribution in [0.1, 0.15) is 5.56 Å². The van der Waals surface area contributed by atoms with Crippen molar-refractivity contribution >= 4 is 23.6 Å². The molecule has 0 radical (unpaired) electrons. The van der Waals surface area contributed by atoms with E-state index in [1.54, 1.807) is 18.5 Å². The van der Waals surface area contributed by atoms with Gasteiger partial charge in [-0.15, -0.1) is 0 Å². The molecule has 1 aromatic heterocycles. The van der Waals surface area contributed by atoms with Crippen molar-refractivity contribution in [3.05, 3.63) is 54.1 Å². The SMILES string of the molecule is O=C(O)/C=C/c1cc(NC(=O)Cn2cccn2)ccc1F. The highest BCUT2D eigenvalue weighted by Gasteiger charge is 2.06. The summed E-state index contributed by atoms with van der Waals surface area (Å²) < 4.78 is 14.9. The zero-order chi connectivity index (χ0) is 15.2. The number of nitrogens with zero attached hydrogens (tertiary/aromatic N) is 2. The number of amides is 1. The van der Waals surface area contributed by atoms with E-state index >= 15 is 0 Å². The summed E-state index contributed by atoms with van der Waals surface area (Å²) in [7, 11) is 0. The Labute approximate surface area is 119 Å². The van der Waals surface area contributed by atoms with E-state index in [9.17, 15) is 14.0 Å². The minimum atomic E-state index is -1.18. The molecule has 0 aliphatic rings. The molecule has 0 aliphatic heterocycles. The molecule has 1 heterocycles. The summed E-state index contributed by atoms with van der Waals surface area (Å²) in [6.45, 7) is 0.0324. The van der Waals surface area contributed by atoms with E-state index in [2.05, 4.69) is 10.4 Å². The predicted octanol–water partition coefficient (Wildman–Crippen LogP) is 1.76. The van der Waals surface area contributed by atoms with Gasteiger partial charge in [0.05, 0.1) is 0 Å². The molecule has 7 heteroatoms. The minimum absolute atomic E-state index is 0.0324. The maximum atomic E-state index is 13.5. The average molecular weight is 289 g/mol. The molecule has 0 atom stereocenters. The number of nitrogens with one attached hydrogen (secondary N) is 1. The maximum absolute atomic E-state index is 13.5. The summed E-state index contributed by atoms with van der Waals surface area (Å²) in [6, 6.07) is 5.61. The van der Waals surface area contributed by atoms with E-state index < -0.39 is 11.8 Å². The van der Waals surface area contributed by atoms with Crippen LogP contribution in [0, 0.1) is 5.82 Å². The summed E-state index contributed by atoms with van der Waals surface area (Å²) in [6.07, 6.45) is 5.15. The number of benzene rings is 1. The normalized spacial score (nSPS) is 10.7. The number of rotatable bonds is 5. The topological polar surface area (TPSA) is 84.2 Å². The van der Waals surface area contributed by atoms with Gasteiger partial charge in [0.2, 0.25) is 5.91 Å². The number of carbonyl (C=O) groups is 2. The van der Waals surface area contributed by atoms with E-state index in [0.717, 1.165) is 18.2 Å². The molecule has 2 aromatic rings. The van der Waals surface area contributed by atoms with Gasteiger partial charge in [0.15, 0.2) is 0 Å². The Morgan fingerprint density at radius 1 is 1.43 bits per heavy atom. The molecule has 108 valence electrons. The van der Waals surface area contributed by atoms with Gasteiger partial charge in [0.1, 0.15) is 12.4 Å². The molecule has 6 nitrogen and oxygen atoms in total. The molecule has 2 N–H and O–H groups in total. The number of aromatic nitrogens is 2. The van der Waals surface area contributed by atoms with E-state index in [0.29, 0.717) is 5.69 Å². The Bertz CT molecular complexity index is 681. The Balaban J connectivity index is 2.08. The molecule has 0 spiro atoms. The monoisotopic (exact) mass is 289 g/mol. The molecule has 21 heavy (non-hydrogen) atoms. The molecular formula is C14H12FN3O3. The van der Waals surface area contributed by atoms with Gasteiger partial charge >= 0.3 is 5.97 Å². The molecule has 0 aliphatic carbocycles. The maximum Gasteiger partial charge on any atom is 0.328 e. The average Bonchev–Trinajstić information content (AvgIpc) is 2.92. The minimum Gasteiger partial charge on any atom is -0.478 e. The van der Waals surface area contributed by atoms with Crippen molar-refractivity contribution in [3.8, 4) is 0 Å². The number of carboxylic acid groups (broad SMARTS) is 1. The fourth-order valence-electron chi connectivity index (χ4n) is 1.65. The summed E-state index contributed by atoms with van der Waals surface area (Å²) in [5, 5.41) is 15.0.